The van der Waals surface area contributed by atoms with Crippen LogP contribution in [-0.2, 0) is 29.1 Å². The van der Waals surface area contributed by atoms with Gasteiger partial charge in [-0.05, 0) is 18.6 Å². The molecule has 0 rings (SSSR count). The van der Waals surface area contributed by atoms with E-state index in [1.807, 2.05) is 0 Å². The van der Waals surface area contributed by atoms with Gasteiger partial charge in [-0.3, -0.25) is 0 Å². The molecule has 62 valence electrons. The van der Waals surface area contributed by atoms with E-state index in [1.54, 1.807) is 0 Å². The molecule has 0 atom stereocenters. The molecule has 0 saturated carbocycles. The van der Waals surface area contributed by atoms with Crippen LogP contribution in [0.5, 0.6) is 0 Å². The Balaban J connectivity index is -0.0000000546. The molecule has 0 heterocycles. The Kier molecular flexibility index (Phi) is 26.5. The van der Waals surface area contributed by atoms with Gasteiger partial charge in [-0.1, -0.05) is 13.2 Å². The maximum absolute atomic E-state index is 9.49. The predicted octanol–water partition coefficient (Wildman–Crippen LogP) is -2.15. The molecule has 0 aromatic rings. The molecule has 0 aliphatic carbocycles. The zero-order valence-electron chi connectivity index (χ0n) is 7.54. The number of carbonyl (C=O) groups excluding carboxylic acids is 2. The van der Waals surface area contributed by atoms with E-state index in [-0.39, 0.29) is 62.8 Å². The van der Waals surface area contributed by atoms with Crippen LogP contribution in [0.4, 0.5) is 0 Å². The van der Waals surface area contributed by atoms with Crippen molar-refractivity contribution in [3.8, 4) is 0 Å². The van der Waals surface area contributed by atoms with Gasteiger partial charge in [0, 0.05) is 0 Å². The van der Waals surface area contributed by atoms with Crippen LogP contribution in [0.15, 0.2) is 24.8 Å². The third-order valence-corrected chi connectivity index (χ3v) is 0.515. The van der Waals surface area contributed by atoms with Crippen LogP contribution in [0, 0.1) is 0 Å². The van der Waals surface area contributed by atoms with Gasteiger partial charge >= 0.3 is 57.2 Å². The van der Waals surface area contributed by atoms with Crippen molar-refractivity contribution in [2.24, 2.45) is 0 Å². The van der Waals surface area contributed by atoms with Crippen molar-refractivity contribution in [1.29, 1.82) is 0 Å². The molecule has 0 fully saturated rings. The summed E-state index contributed by atoms with van der Waals surface area (Å²) < 4.78 is 0. The van der Waals surface area contributed by atoms with E-state index in [4.69, 9.17) is 9.90 Å². The molecule has 0 unspecified atom stereocenters. The van der Waals surface area contributed by atoms with E-state index in [9.17, 15) is 9.90 Å². The van der Waals surface area contributed by atoms with Crippen LogP contribution in [-0.4, -0.2) is 49.7 Å². The van der Waals surface area contributed by atoms with Crippen molar-refractivity contribution in [2.45, 2.75) is 6.92 Å². The van der Waals surface area contributed by atoms with E-state index in [1.165, 1.54) is 6.92 Å². The molecule has 13 heavy (non-hydrogen) atoms. The van der Waals surface area contributed by atoms with Crippen molar-refractivity contribution in [3.63, 3.8) is 0 Å². The molecule has 0 radical (unpaired) electrons. The maximum atomic E-state index is 9.49. The zero-order valence-corrected chi connectivity index (χ0v) is 12.7. The summed E-state index contributed by atoms with van der Waals surface area (Å²) in [5, 5.41) is 18.6. The molecule has 0 saturated heterocycles. The van der Waals surface area contributed by atoms with Crippen molar-refractivity contribution >= 4 is 49.7 Å². The quantitative estimate of drug-likeness (QED) is 0.419. The van der Waals surface area contributed by atoms with Crippen molar-refractivity contribution < 1.29 is 39.3 Å². The smallest absolute Gasteiger partial charge is 0.545 e. The molecular weight excluding hydrogens is 254 g/mol. The first-order valence-corrected chi connectivity index (χ1v) is 2.62. The minimum Gasteiger partial charge on any atom is -0.545 e. The van der Waals surface area contributed by atoms with Gasteiger partial charge in [0.1, 0.15) is 0 Å². The van der Waals surface area contributed by atoms with Gasteiger partial charge in [-0.2, -0.15) is 0 Å². The molecule has 0 spiro atoms. The van der Waals surface area contributed by atoms with Gasteiger partial charge < -0.3 is 19.8 Å². The molecule has 0 aromatic carbocycles. The fourth-order valence-electron chi connectivity index (χ4n) is 0. The molecule has 0 aliphatic rings. The summed E-state index contributed by atoms with van der Waals surface area (Å²) in [5.74, 6) is -2.42. The standard InChI is InChI=1S/C4H6O2.C3H4O2.Ca.Zn/c1-3(2)4(5)6;1-2-3(4)5;;/h1H2,2H3,(H,5,6);2H,1H2,(H,4,5);;/q;;2*+2/p-2. The predicted molar refractivity (Wildman–Crippen MR) is 40.8 cm³/mol. The average Bonchev–Trinajstić information content (AvgIpc) is 1.89. The molecule has 6 heteroatoms. The van der Waals surface area contributed by atoms with Gasteiger partial charge in [0.25, 0.3) is 0 Å². The van der Waals surface area contributed by atoms with E-state index in [0.717, 1.165) is 6.08 Å². The summed E-state index contributed by atoms with van der Waals surface area (Å²) in [5.41, 5.74) is 0.0648. The van der Waals surface area contributed by atoms with Gasteiger partial charge in [-0.25, -0.2) is 0 Å². The van der Waals surface area contributed by atoms with Crippen LogP contribution >= 0.6 is 0 Å². The fraction of sp³-hybridized carbons (Fsp3) is 0.143. The van der Waals surface area contributed by atoms with Crippen LogP contribution in [0.1, 0.15) is 6.92 Å². The van der Waals surface area contributed by atoms with Crippen LogP contribution in [0.3, 0.4) is 0 Å². The first-order chi connectivity index (χ1) is 4.91. The summed E-state index contributed by atoms with van der Waals surface area (Å²) in [4.78, 5) is 18.6. The molecule has 0 amide bonds. The fourth-order valence-corrected chi connectivity index (χ4v) is 0. The van der Waals surface area contributed by atoms with Crippen LogP contribution < -0.4 is 10.2 Å². The molecule has 0 aromatic heterocycles. The monoisotopic (exact) mass is 260 g/mol. The van der Waals surface area contributed by atoms with Crippen molar-refractivity contribution in [1.82, 2.24) is 0 Å². The Morgan fingerprint density at radius 3 is 1.46 bits per heavy atom. The summed E-state index contributed by atoms with van der Waals surface area (Å²) in [7, 11) is 0. The second-order valence-corrected chi connectivity index (χ2v) is 1.59. The Labute approximate surface area is 119 Å². The average molecular weight is 262 g/mol. The third-order valence-electron chi connectivity index (χ3n) is 0.515. The van der Waals surface area contributed by atoms with Crippen molar-refractivity contribution in [2.75, 3.05) is 0 Å². The number of carboxylic acids is 2. The number of aliphatic carboxylic acids is 2. The van der Waals surface area contributed by atoms with E-state index >= 15 is 0 Å². The molecule has 0 bridgehead atoms. The third kappa shape index (κ3) is 32.9. The largest absolute Gasteiger partial charge is 2.00 e. The normalized spacial score (nSPS) is 5.92. The second-order valence-electron chi connectivity index (χ2n) is 1.59. The van der Waals surface area contributed by atoms with Gasteiger partial charge in [0.15, 0.2) is 0 Å². The van der Waals surface area contributed by atoms with Crippen LogP contribution in [0.25, 0.3) is 0 Å². The number of hydrogen-bond acceptors (Lipinski definition) is 4. The first kappa shape index (κ1) is 23.3. The molecule has 0 aliphatic heterocycles. The molecule has 4 nitrogen and oxygen atoms in total. The topological polar surface area (TPSA) is 80.3 Å². The number of carbonyl (C=O) groups is 2. The molecular formula is C7H8CaO4Zn+2. The Morgan fingerprint density at radius 1 is 1.31 bits per heavy atom. The number of hydrogen-bond donors (Lipinski definition) is 0. The van der Waals surface area contributed by atoms with E-state index in [2.05, 4.69) is 13.2 Å². The summed E-state index contributed by atoms with van der Waals surface area (Å²) in [6.07, 6.45) is 0.722. The summed E-state index contributed by atoms with van der Waals surface area (Å²) in [6, 6.07) is 0. The second kappa shape index (κ2) is 14.8. The SMILES string of the molecule is C=C(C)C(=O)[O-].C=CC(=O)[O-].[Ca+2].[Zn+2]. The first-order valence-electron chi connectivity index (χ1n) is 2.62. The Hall–Kier alpha value is 0.303. The Morgan fingerprint density at radius 2 is 1.46 bits per heavy atom. The minimum atomic E-state index is -1.23. The molecule has 0 N–H and O–H groups in total. The Bertz CT molecular complexity index is 179. The van der Waals surface area contributed by atoms with Crippen molar-refractivity contribution in [3.05, 3.63) is 24.8 Å². The van der Waals surface area contributed by atoms with Gasteiger partial charge in [-0.15, -0.1) is 0 Å². The number of rotatable bonds is 2. The maximum Gasteiger partial charge on any atom is 2.00 e. The summed E-state index contributed by atoms with van der Waals surface area (Å²) in [6.45, 7) is 7.38. The number of carboxylic acid groups (broad SMARTS) is 2. The summed E-state index contributed by atoms with van der Waals surface area (Å²) >= 11 is 0. The van der Waals surface area contributed by atoms with E-state index < -0.39 is 11.9 Å². The van der Waals surface area contributed by atoms with Gasteiger partial charge in [0.2, 0.25) is 0 Å². The minimum absolute atomic E-state index is 0. The zero-order chi connectivity index (χ0) is 9.44. The van der Waals surface area contributed by atoms with Crippen LogP contribution in [0.2, 0.25) is 0 Å². The van der Waals surface area contributed by atoms with Gasteiger partial charge in [0.05, 0.1) is 11.9 Å². The van der Waals surface area contributed by atoms with E-state index in [0.29, 0.717) is 0 Å².